The van der Waals surface area contributed by atoms with Crippen LogP contribution in [0, 0.1) is 0 Å². The molecule has 2 nitrogen and oxygen atoms in total. The Hall–Kier alpha value is -0.180. The Morgan fingerprint density at radius 1 is 1.62 bits per heavy atom. The molecule has 3 heteroatoms. The van der Waals surface area contributed by atoms with Gasteiger partial charge in [-0.05, 0) is 13.8 Å². The van der Waals surface area contributed by atoms with E-state index in [0.717, 1.165) is 0 Å². The van der Waals surface area contributed by atoms with Crippen LogP contribution in [0.2, 0.25) is 0 Å². The number of nitrogens with one attached hydrogen (secondary N) is 1. The highest BCUT2D eigenvalue weighted by molar-refractivity contribution is 7.81. The van der Waals surface area contributed by atoms with Crippen LogP contribution in [0.5, 0.6) is 0 Å². The van der Waals surface area contributed by atoms with E-state index in [-0.39, 0.29) is 10.8 Å². The molecule has 0 atom stereocenters. The Kier molecular flexibility index (Phi) is 2.34. The molecule has 0 unspecified atom stereocenters. The molecule has 0 saturated heterocycles. The van der Waals surface area contributed by atoms with Crippen molar-refractivity contribution in [2.75, 3.05) is 0 Å². The van der Waals surface area contributed by atoms with Crippen molar-refractivity contribution in [1.29, 1.82) is 0 Å². The molecule has 0 aliphatic rings. The van der Waals surface area contributed by atoms with E-state index in [2.05, 4.69) is 17.9 Å². The third-order valence-corrected chi connectivity index (χ3v) is 0.594. The second-order valence-electron chi connectivity index (χ2n) is 2.24. The van der Waals surface area contributed by atoms with Crippen LogP contribution in [0.1, 0.15) is 20.8 Å². The van der Waals surface area contributed by atoms with Gasteiger partial charge in [0.15, 0.2) is 0 Å². The first kappa shape index (κ1) is 7.82. The summed E-state index contributed by atoms with van der Waals surface area (Å²) in [4.78, 5) is 9.92. The predicted molar refractivity (Wildman–Crippen MR) is 36.9 cm³/mol. The van der Waals surface area contributed by atoms with E-state index in [0.29, 0.717) is 0 Å². The summed E-state index contributed by atoms with van der Waals surface area (Å²) in [5, 5.41) is 2.61. The number of carbonyl (C=O) groups is 1. The summed E-state index contributed by atoms with van der Waals surface area (Å²) in [5.41, 5.74) is 0. The lowest BCUT2D eigenvalue weighted by molar-refractivity contribution is -0.119. The predicted octanol–water partition coefficient (Wildman–Crippen LogP) is 0.788. The van der Waals surface area contributed by atoms with Crippen molar-refractivity contribution in [1.82, 2.24) is 5.32 Å². The SMILES string of the molecule is CC(=O)NC(C)(C)S. The number of amides is 1. The van der Waals surface area contributed by atoms with E-state index in [1.54, 1.807) is 0 Å². The molecule has 0 aromatic rings. The van der Waals surface area contributed by atoms with Crippen LogP contribution in [0.15, 0.2) is 0 Å². The summed E-state index contributed by atoms with van der Waals surface area (Å²) in [7, 11) is 0. The standard InChI is InChI=1S/C5H11NOS/c1-4(7)6-5(2,3)8/h8H,1-3H3,(H,6,7). The number of hydrogen-bond acceptors (Lipinski definition) is 2. The molecule has 48 valence electrons. The lowest BCUT2D eigenvalue weighted by atomic mass is 10.4. The van der Waals surface area contributed by atoms with Gasteiger partial charge in [0.1, 0.15) is 0 Å². The molecule has 1 N–H and O–H groups in total. The van der Waals surface area contributed by atoms with Crippen LogP contribution in [0.3, 0.4) is 0 Å². The van der Waals surface area contributed by atoms with Gasteiger partial charge in [0.05, 0.1) is 4.87 Å². The molecule has 0 aliphatic carbocycles. The lowest BCUT2D eigenvalue weighted by Gasteiger charge is -2.17. The molecule has 0 radical (unpaired) electrons. The van der Waals surface area contributed by atoms with Gasteiger partial charge in [0.2, 0.25) is 5.91 Å². The molecule has 0 spiro atoms. The molecular formula is C5H11NOS. The van der Waals surface area contributed by atoms with Gasteiger partial charge in [-0.1, -0.05) is 0 Å². The van der Waals surface area contributed by atoms with Crippen molar-refractivity contribution < 1.29 is 4.79 Å². The number of rotatable bonds is 1. The Bertz CT molecular complexity index is 95.1. The maximum atomic E-state index is 10.3. The van der Waals surface area contributed by atoms with Gasteiger partial charge in [-0.25, -0.2) is 0 Å². The van der Waals surface area contributed by atoms with Crippen molar-refractivity contribution in [2.24, 2.45) is 0 Å². The average molecular weight is 133 g/mol. The minimum atomic E-state index is -0.383. The molecule has 0 fully saturated rings. The van der Waals surface area contributed by atoms with Crippen molar-refractivity contribution in [2.45, 2.75) is 25.6 Å². The van der Waals surface area contributed by atoms with Gasteiger partial charge in [0.25, 0.3) is 0 Å². The van der Waals surface area contributed by atoms with Crippen LogP contribution >= 0.6 is 12.6 Å². The van der Waals surface area contributed by atoms with Crippen LogP contribution in [-0.2, 0) is 4.79 Å². The van der Waals surface area contributed by atoms with Gasteiger partial charge in [-0.2, -0.15) is 12.6 Å². The largest absolute Gasteiger partial charge is 0.343 e. The Labute approximate surface area is 55.1 Å². The van der Waals surface area contributed by atoms with E-state index in [1.807, 2.05) is 13.8 Å². The highest BCUT2D eigenvalue weighted by atomic mass is 32.1. The lowest BCUT2D eigenvalue weighted by Crippen LogP contribution is -2.36. The fourth-order valence-electron chi connectivity index (χ4n) is 0.431. The molecule has 1 amide bonds. The smallest absolute Gasteiger partial charge is 0.217 e. The molecule has 0 aromatic carbocycles. The fourth-order valence-corrected chi connectivity index (χ4v) is 0.588. The van der Waals surface area contributed by atoms with Gasteiger partial charge in [-0.3, -0.25) is 4.79 Å². The van der Waals surface area contributed by atoms with E-state index in [1.165, 1.54) is 6.92 Å². The first-order valence-corrected chi connectivity index (χ1v) is 2.87. The normalized spacial score (nSPS) is 11.0. The van der Waals surface area contributed by atoms with E-state index < -0.39 is 0 Å². The Morgan fingerprint density at radius 2 is 2.00 bits per heavy atom. The van der Waals surface area contributed by atoms with Crippen molar-refractivity contribution >= 4 is 18.5 Å². The minimum Gasteiger partial charge on any atom is -0.343 e. The summed E-state index contributed by atoms with van der Waals surface area (Å²) in [5.74, 6) is -0.0509. The maximum absolute atomic E-state index is 10.3. The Morgan fingerprint density at radius 3 is 2.00 bits per heavy atom. The fraction of sp³-hybridized carbons (Fsp3) is 0.800. The highest BCUT2D eigenvalue weighted by Crippen LogP contribution is 2.04. The molecule has 0 saturated carbocycles. The van der Waals surface area contributed by atoms with E-state index >= 15 is 0 Å². The minimum absolute atomic E-state index is 0.0509. The third kappa shape index (κ3) is 5.82. The van der Waals surface area contributed by atoms with E-state index in [9.17, 15) is 4.79 Å². The van der Waals surface area contributed by atoms with Crippen LogP contribution in [0.25, 0.3) is 0 Å². The van der Waals surface area contributed by atoms with Crippen molar-refractivity contribution in [3.63, 3.8) is 0 Å². The van der Waals surface area contributed by atoms with Crippen molar-refractivity contribution in [3.05, 3.63) is 0 Å². The number of thiol groups is 1. The summed E-state index contributed by atoms with van der Waals surface area (Å²) < 4.78 is 0. The van der Waals surface area contributed by atoms with Gasteiger partial charge in [-0.15, -0.1) is 0 Å². The van der Waals surface area contributed by atoms with Crippen LogP contribution in [0.4, 0.5) is 0 Å². The summed E-state index contributed by atoms with van der Waals surface area (Å²) in [6.45, 7) is 5.10. The first-order chi connectivity index (χ1) is 3.42. The second-order valence-corrected chi connectivity index (χ2v) is 3.36. The number of hydrogen-bond donors (Lipinski definition) is 2. The highest BCUT2D eigenvalue weighted by Gasteiger charge is 2.10. The van der Waals surface area contributed by atoms with Gasteiger partial charge in [0, 0.05) is 6.92 Å². The quantitative estimate of drug-likeness (QED) is 0.402. The second kappa shape index (κ2) is 2.40. The first-order valence-electron chi connectivity index (χ1n) is 2.43. The molecule has 0 bridgehead atoms. The molecule has 0 rings (SSSR count). The van der Waals surface area contributed by atoms with Crippen molar-refractivity contribution in [3.8, 4) is 0 Å². The van der Waals surface area contributed by atoms with Gasteiger partial charge < -0.3 is 5.32 Å². The number of carbonyl (C=O) groups excluding carboxylic acids is 1. The zero-order valence-corrected chi connectivity index (χ0v) is 6.25. The molecule has 0 aliphatic heterocycles. The molecule has 0 aromatic heterocycles. The van der Waals surface area contributed by atoms with E-state index in [4.69, 9.17) is 0 Å². The third-order valence-electron chi connectivity index (χ3n) is 0.482. The van der Waals surface area contributed by atoms with Crippen LogP contribution in [-0.4, -0.2) is 10.8 Å². The molecule has 8 heavy (non-hydrogen) atoms. The maximum Gasteiger partial charge on any atom is 0.217 e. The van der Waals surface area contributed by atoms with Gasteiger partial charge >= 0.3 is 0 Å². The van der Waals surface area contributed by atoms with Crippen LogP contribution < -0.4 is 5.32 Å². The molecule has 0 heterocycles. The Balaban J connectivity index is 3.55. The zero-order chi connectivity index (χ0) is 6.78. The zero-order valence-electron chi connectivity index (χ0n) is 5.36. The molecular weight excluding hydrogens is 122 g/mol. The average Bonchev–Trinajstić information content (AvgIpc) is 1.21. The summed E-state index contributed by atoms with van der Waals surface area (Å²) >= 11 is 4.06. The monoisotopic (exact) mass is 133 g/mol. The summed E-state index contributed by atoms with van der Waals surface area (Å²) in [6.07, 6.45) is 0. The topological polar surface area (TPSA) is 29.1 Å². The summed E-state index contributed by atoms with van der Waals surface area (Å²) in [6, 6.07) is 0.